The van der Waals surface area contributed by atoms with Crippen LogP contribution in [-0.2, 0) is 12.8 Å². The summed E-state index contributed by atoms with van der Waals surface area (Å²) in [5.74, 6) is 3.94. The minimum atomic E-state index is -0.426. The van der Waals surface area contributed by atoms with Crippen molar-refractivity contribution < 1.29 is 24.8 Å². The first-order valence-corrected chi connectivity index (χ1v) is 12.9. The molecule has 0 bridgehead atoms. The Morgan fingerprint density at radius 3 is 2.46 bits per heavy atom. The molecule has 196 valence electrons. The van der Waals surface area contributed by atoms with E-state index in [1.54, 1.807) is 12.1 Å². The van der Waals surface area contributed by atoms with Crippen molar-refractivity contribution >= 4 is 12.2 Å². The zero-order valence-electron chi connectivity index (χ0n) is 22.5. The topological polar surface area (TPSA) is 79.2 Å². The molecule has 3 atom stereocenters. The minimum Gasteiger partial charge on any atom is -0.507 e. The van der Waals surface area contributed by atoms with Crippen molar-refractivity contribution in [3.8, 4) is 35.3 Å². The highest BCUT2D eigenvalue weighted by atomic mass is 16.5. The molecule has 0 aromatic heterocycles. The van der Waals surface area contributed by atoms with Gasteiger partial charge in [-0.2, -0.15) is 0 Å². The zero-order valence-corrected chi connectivity index (χ0v) is 22.5. The van der Waals surface area contributed by atoms with Gasteiger partial charge in [-0.05, 0) is 92.8 Å². The molecule has 2 aliphatic rings. The van der Waals surface area contributed by atoms with Gasteiger partial charge in [0, 0.05) is 11.5 Å². The number of hydrogen-bond donors (Lipinski definition) is 3. The van der Waals surface area contributed by atoms with Gasteiger partial charge in [-0.3, -0.25) is 0 Å². The third kappa shape index (κ3) is 5.36. The van der Waals surface area contributed by atoms with E-state index in [-0.39, 0.29) is 35.5 Å². The van der Waals surface area contributed by atoms with Crippen LogP contribution >= 0.6 is 0 Å². The molecule has 5 heteroatoms. The zero-order chi connectivity index (χ0) is 27.0. The van der Waals surface area contributed by atoms with Crippen molar-refractivity contribution in [3.63, 3.8) is 0 Å². The maximum absolute atomic E-state index is 10.9. The summed E-state index contributed by atoms with van der Waals surface area (Å²) < 4.78 is 12.2. The number of aromatic hydroxyl groups is 2. The summed E-state index contributed by atoms with van der Waals surface area (Å²) in [6.07, 6.45) is 13.5. The first-order chi connectivity index (χ1) is 17.4. The van der Waals surface area contributed by atoms with Crippen molar-refractivity contribution in [2.45, 2.75) is 72.0 Å². The molecule has 37 heavy (non-hydrogen) atoms. The number of terminal acetylenes is 1. The normalized spacial score (nSPS) is 23.9. The Morgan fingerprint density at radius 1 is 1.11 bits per heavy atom. The van der Waals surface area contributed by atoms with E-state index < -0.39 is 5.60 Å². The smallest absolute Gasteiger partial charge is 0.164 e. The molecule has 1 saturated carbocycles. The predicted octanol–water partition coefficient (Wildman–Crippen LogP) is 6.28. The second kappa shape index (κ2) is 10.2. The largest absolute Gasteiger partial charge is 0.507 e. The number of hydrogen-bond acceptors (Lipinski definition) is 5. The van der Waals surface area contributed by atoms with Crippen molar-refractivity contribution in [3.05, 3.63) is 58.2 Å². The van der Waals surface area contributed by atoms with E-state index in [0.717, 1.165) is 35.1 Å². The summed E-state index contributed by atoms with van der Waals surface area (Å²) in [6.45, 7) is 10.4. The molecule has 1 heterocycles. The van der Waals surface area contributed by atoms with Gasteiger partial charge in [-0.1, -0.05) is 43.6 Å². The van der Waals surface area contributed by atoms with Crippen LogP contribution < -0.4 is 9.47 Å². The van der Waals surface area contributed by atoms with Gasteiger partial charge in [-0.25, -0.2) is 0 Å². The monoisotopic (exact) mass is 502 g/mol. The molecule has 0 unspecified atom stereocenters. The van der Waals surface area contributed by atoms with Crippen LogP contribution in [0.5, 0.6) is 23.0 Å². The predicted molar refractivity (Wildman–Crippen MR) is 148 cm³/mol. The molecule has 0 spiro atoms. The molecule has 3 N–H and O–H groups in total. The van der Waals surface area contributed by atoms with E-state index in [1.165, 1.54) is 0 Å². The van der Waals surface area contributed by atoms with Gasteiger partial charge in [0.05, 0.1) is 6.10 Å². The Morgan fingerprint density at radius 2 is 1.78 bits per heavy atom. The average molecular weight is 503 g/mol. The fraction of sp³-hybridized carbons (Fsp3) is 0.438. The summed E-state index contributed by atoms with van der Waals surface area (Å²) in [5.41, 5.74) is 3.61. The number of phenols is 2. The molecule has 0 radical (unpaired) electrons. The molecular weight excluding hydrogens is 464 g/mol. The van der Waals surface area contributed by atoms with E-state index in [0.29, 0.717) is 29.9 Å². The van der Waals surface area contributed by atoms with E-state index in [9.17, 15) is 15.3 Å². The number of benzene rings is 2. The number of ether oxygens (including phenoxy) is 2. The molecule has 4 rings (SSSR count). The van der Waals surface area contributed by atoms with E-state index in [1.807, 2.05) is 44.2 Å². The van der Waals surface area contributed by atoms with Gasteiger partial charge in [0.2, 0.25) is 0 Å². The van der Waals surface area contributed by atoms with E-state index in [4.69, 9.17) is 15.9 Å². The Labute approximate surface area is 220 Å². The van der Waals surface area contributed by atoms with Crippen LogP contribution in [0.4, 0.5) is 0 Å². The number of rotatable bonds is 6. The van der Waals surface area contributed by atoms with E-state index in [2.05, 4.69) is 26.7 Å². The van der Waals surface area contributed by atoms with E-state index >= 15 is 0 Å². The third-order valence-corrected chi connectivity index (χ3v) is 8.04. The molecule has 1 aliphatic carbocycles. The quantitative estimate of drug-likeness (QED) is 0.246. The van der Waals surface area contributed by atoms with Crippen LogP contribution in [0.2, 0.25) is 0 Å². The molecule has 1 aliphatic heterocycles. The number of aliphatic hydroxyl groups excluding tert-OH is 1. The third-order valence-electron chi connectivity index (χ3n) is 8.04. The van der Waals surface area contributed by atoms with Crippen LogP contribution in [0, 0.1) is 23.7 Å². The van der Waals surface area contributed by atoms with Gasteiger partial charge < -0.3 is 24.8 Å². The second-order valence-electron chi connectivity index (χ2n) is 11.4. The van der Waals surface area contributed by atoms with Gasteiger partial charge in [0.25, 0.3) is 0 Å². The summed E-state index contributed by atoms with van der Waals surface area (Å²) in [6, 6.07) is 7.29. The van der Waals surface area contributed by atoms with Crippen molar-refractivity contribution in [1.29, 1.82) is 0 Å². The standard InChI is InChI=1S/C32H38O5/c1-7-14-36-27-18-22(16-25(33)24(27)11-8-20(2)3)10-9-21-15-23-19-28-31(4,5)29(35)12-13-32(28,6)37-30(23)26(34)17-21/h1,8-10,15-18,28-29,33-35H,11-14,19H2,2-6H3/b10-9+/t28-,29-,32-/m1/s1. The van der Waals surface area contributed by atoms with Crippen LogP contribution in [0.15, 0.2) is 35.9 Å². The molecular formula is C32H38O5. The van der Waals surface area contributed by atoms with Crippen molar-refractivity contribution in [1.82, 2.24) is 0 Å². The Hall–Kier alpha value is -3.36. The molecule has 0 amide bonds. The highest BCUT2D eigenvalue weighted by molar-refractivity contribution is 5.73. The number of phenolic OH excluding ortho intramolecular Hbond substituents is 2. The SMILES string of the molecule is C#CCOc1cc(/C=C/c2cc(O)c3c(c2)C[C@@H]2C(C)(C)[C@H](O)CC[C@@]2(C)O3)cc(O)c1CC=C(C)C. The average Bonchev–Trinajstić information content (AvgIpc) is 2.83. The first kappa shape index (κ1) is 26.7. The Balaban J connectivity index is 1.65. The number of allylic oxidation sites excluding steroid dienone is 2. The summed E-state index contributed by atoms with van der Waals surface area (Å²) in [5, 5.41) is 32.2. The summed E-state index contributed by atoms with van der Waals surface area (Å²) >= 11 is 0. The van der Waals surface area contributed by atoms with Crippen LogP contribution in [-0.4, -0.2) is 33.6 Å². The highest BCUT2D eigenvalue weighted by Crippen LogP contribution is 2.54. The molecule has 2 aromatic carbocycles. The van der Waals surface area contributed by atoms with Gasteiger partial charge >= 0.3 is 0 Å². The van der Waals surface area contributed by atoms with Gasteiger partial charge in [-0.15, -0.1) is 6.42 Å². The Bertz CT molecular complexity index is 1280. The molecule has 1 fully saturated rings. The second-order valence-corrected chi connectivity index (χ2v) is 11.4. The number of fused-ring (bicyclic) bond motifs is 2. The first-order valence-electron chi connectivity index (χ1n) is 12.9. The number of aliphatic hydroxyl groups is 1. The highest BCUT2D eigenvalue weighted by Gasteiger charge is 2.54. The van der Waals surface area contributed by atoms with Gasteiger partial charge in [0.15, 0.2) is 11.5 Å². The lowest BCUT2D eigenvalue weighted by Crippen LogP contribution is -2.58. The Kier molecular flexibility index (Phi) is 7.35. The summed E-state index contributed by atoms with van der Waals surface area (Å²) in [7, 11) is 0. The fourth-order valence-electron chi connectivity index (χ4n) is 5.80. The molecule has 5 nitrogen and oxygen atoms in total. The fourth-order valence-corrected chi connectivity index (χ4v) is 5.80. The van der Waals surface area contributed by atoms with Crippen molar-refractivity contribution in [2.24, 2.45) is 11.3 Å². The van der Waals surface area contributed by atoms with Gasteiger partial charge in [0.1, 0.15) is 23.7 Å². The molecule has 0 saturated heterocycles. The summed E-state index contributed by atoms with van der Waals surface area (Å²) in [4.78, 5) is 0. The molecule has 2 aromatic rings. The van der Waals surface area contributed by atoms with Crippen molar-refractivity contribution in [2.75, 3.05) is 6.61 Å². The lowest BCUT2D eigenvalue weighted by Gasteiger charge is -2.55. The lowest BCUT2D eigenvalue weighted by molar-refractivity contribution is -0.138. The maximum atomic E-state index is 10.9. The van der Waals surface area contributed by atoms with Crippen LogP contribution in [0.1, 0.15) is 69.7 Å². The van der Waals surface area contributed by atoms with Crippen LogP contribution in [0.3, 0.4) is 0 Å². The lowest BCUT2D eigenvalue weighted by atomic mass is 9.57. The van der Waals surface area contributed by atoms with Crippen LogP contribution in [0.25, 0.3) is 12.2 Å². The minimum absolute atomic E-state index is 0.109. The maximum Gasteiger partial charge on any atom is 0.164 e.